The van der Waals surface area contributed by atoms with Crippen LogP contribution in [0.25, 0.3) is 0 Å². The van der Waals surface area contributed by atoms with E-state index in [2.05, 4.69) is 22.0 Å². The number of carbonyl (C=O) groups excluding carboxylic acids is 1. The van der Waals surface area contributed by atoms with Crippen molar-refractivity contribution in [2.24, 2.45) is 5.73 Å². The van der Waals surface area contributed by atoms with E-state index in [-0.39, 0.29) is 5.91 Å². The molecule has 1 fully saturated rings. The molecular weight excluding hydrogens is 228 g/mol. The summed E-state index contributed by atoms with van der Waals surface area (Å²) in [5.41, 5.74) is 5.51. The van der Waals surface area contributed by atoms with E-state index in [1.165, 1.54) is 0 Å². The summed E-state index contributed by atoms with van der Waals surface area (Å²) in [6.45, 7) is 9.45. The third-order valence-electron chi connectivity index (χ3n) is 3.36. The summed E-state index contributed by atoms with van der Waals surface area (Å²) < 4.78 is 0. The molecule has 1 rings (SSSR count). The third kappa shape index (κ3) is 6.33. The SMILES string of the molecule is CCCCNC(=O)CN1CCN(CCCN)CC1. The Kier molecular flexibility index (Phi) is 7.96. The molecule has 0 aliphatic carbocycles. The van der Waals surface area contributed by atoms with Gasteiger partial charge in [-0.25, -0.2) is 0 Å². The summed E-state index contributed by atoms with van der Waals surface area (Å²) in [5, 5.41) is 2.97. The highest BCUT2D eigenvalue weighted by Crippen LogP contribution is 2.01. The molecule has 0 aromatic heterocycles. The summed E-state index contributed by atoms with van der Waals surface area (Å²) in [4.78, 5) is 16.3. The number of hydrogen-bond donors (Lipinski definition) is 2. The zero-order valence-corrected chi connectivity index (χ0v) is 11.7. The van der Waals surface area contributed by atoms with Gasteiger partial charge in [-0.15, -0.1) is 0 Å². The maximum atomic E-state index is 11.7. The van der Waals surface area contributed by atoms with Crippen LogP contribution in [0.4, 0.5) is 0 Å². The fourth-order valence-electron chi connectivity index (χ4n) is 2.15. The second kappa shape index (κ2) is 9.30. The van der Waals surface area contributed by atoms with Crippen molar-refractivity contribution in [2.45, 2.75) is 26.2 Å². The highest BCUT2D eigenvalue weighted by molar-refractivity contribution is 5.77. The van der Waals surface area contributed by atoms with E-state index in [0.29, 0.717) is 6.54 Å². The lowest BCUT2D eigenvalue weighted by Crippen LogP contribution is -2.49. The van der Waals surface area contributed by atoms with E-state index in [1.807, 2.05) is 0 Å². The average molecular weight is 256 g/mol. The molecule has 0 aromatic carbocycles. The minimum atomic E-state index is 0.166. The fourth-order valence-corrected chi connectivity index (χ4v) is 2.15. The van der Waals surface area contributed by atoms with E-state index in [4.69, 9.17) is 5.73 Å². The molecule has 0 spiro atoms. The molecule has 106 valence electrons. The van der Waals surface area contributed by atoms with Crippen molar-refractivity contribution in [1.82, 2.24) is 15.1 Å². The standard InChI is InChI=1S/C13H28N4O/c1-2-3-6-15-13(18)12-17-10-8-16(9-11-17)7-4-5-14/h2-12,14H2,1H3,(H,15,18). The molecule has 5 nitrogen and oxygen atoms in total. The van der Waals surface area contributed by atoms with Crippen LogP contribution >= 0.6 is 0 Å². The van der Waals surface area contributed by atoms with Gasteiger partial charge in [-0.05, 0) is 25.9 Å². The maximum absolute atomic E-state index is 11.7. The number of nitrogens with two attached hydrogens (primary N) is 1. The van der Waals surface area contributed by atoms with Gasteiger partial charge in [-0.2, -0.15) is 0 Å². The molecule has 5 heteroatoms. The number of rotatable bonds is 8. The van der Waals surface area contributed by atoms with Gasteiger partial charge in [-0.1, -0.05) is 13.3 Å². The number of piperazine rings is 1. The maximum Gasteiger partial charge on any atom is 0.234 e. The van der Waals surface area contributed by atoms with E-state index >= 15 is 0 Å². The summed E-state index contributed by atoms with van der Waals surface area (Å²) in [5.74, 6) is 0.166. The highest BCUT2D eigenvalue weighted by atomic mass is 16.2. The van der Waals surface area contributed by atoms with Crippen molar-refractivity contribution >= 4 is 5.91 Å². The molecule has 18 heavy (non-hydrogen) atoms. The molecule has 1 saturated heterocycles. The largest absolute Gasteiger partial charge is 0.355 e. The van der Waals surface area contributed by atoms with Crippen LogP contribution in [0.2, 0.25) is 0 Å². The van der Waals surface area contributed by atoms with Crippen LogP contribution < -0.4 is 11.1 Å². The van der Waals surface area contributed by atoms with Crippen LogP contribution in [0.5, 0.6) is 0 Å². The zero-order chi connectivity index (χ0) is 13.2. The van der Waals surface area contributed by atoms with E-state index in [1.54, 1.807) is 0 Å². The lowest BCUT2D eigenvalue weighted by atomic mass is 10.3. The van der Waals surface area contributed by atoms with Crippen molar-refractivity contribution in [3.63, 3.8) is 0 Å². The first-order valence-corrected chi connectivity index (χ1v) is 7.17. The molecule has 0 saturated carbocycles. The average Bonchev–Trinajstić information content (AvgIpc) is 2.38. The molecule has 1 heterocycles. The van der Waals surface area contributed by atoms with Gasteiger partial charge in [0, 0.05) is 32.7 Å². The van der Waals surface area contributed by atoms with Crippen molar-refractivity contribution in [1.29, 1.82) is 0 Å². The summed E-state index contributed by atoms with van der Waals surface area (Å²) in [6, 6.07) is 0. The lowest BCUT2D eigenvalue weighted by Gasteiger charge is -2.34. The number of carbonyl (C=O) groups is 1. The van der Waals surface area contributed by atoms with E-state index in [0.717, 1.165) is 65.1 Å². The number of unbranched alkanes of at least 4 members (excludes halogenated alkanes) is 1. The monoisotopic (exact) mass is 256 g/mol. The van der Waals surface area contributed by atoms with E-state index in [9.17, 15) is 4.79 Å². The molecule has 0 atom stereocenters. The Balaban J connectivity index is 2.09. The van der Waals surface area contributed by atoms with Gasteiger partial charge in [0.1, 0.15) is 0 Å². The van der Waals surface area contributed by atoms with Crippen LogP contribution in [0, 0.1) is 0 Å². The zero-order valence-electron chi connectivity index (χ0n) is 11.7. The lowest BCUT2D eigenvalue weighted by molar-refractivity contribution is -0.122. The summed E-state index contributed by atoms with van der Waals surface area (Å²) >= 11 is 0. The third-order valence-corrected chi connectivity index (χ3v) is 3.36. The summed E-state index contributed by atoms with van der Waals surface area (Å²) in [7, 11) is 0. The predicted octanol–water partition coefficient (Wildman–Crippen LogP) is -0.131. The molecule has 3 N–H and O–H groups in total. The van der Waals surface area contributed by atoms with E-state index < -0.39 is 0 Å². The molecule has 0 aromatic rings. The summed E-state index contributed by atoms with van der Waals surface area (Å²) in [6.07, 6.45) is 3.26. The fraction of sp³-hybridized carbons (Fsp3) is 0.923. The Bertz CT molecular complexity index is 227. The molecular formula is C13H28N4O. The van der Waals surface area contributed by atoms with Gasteiger partial charge in [0.15, 0.2) is 0 Å². The van der Waals surface area contributed by atoms with Crippen LogP contribution in [0.15, 0.2) is 0 Å². The topological polar surface area (TPSA) is 61.6 Å². The van der Waals surface area contributed by atoms with Gasteiger partial charge in [0.05, 0.1) is 6.54 Å². The normalized spacial score (nSPS) is 17.9. The molecule has 0 bridgehead atoms. The van der Waals surface area contributed by atoms with Crippen molar-refractivity contribution in [2.75, 3.05) is 52.4 Å². The van der Waals surface area contributed by atoms with Gasteiger partial charge in [-0.3, -0.25) is 9.69 Å². The number of nitrogens with one attached hydrogen (secondary N) is 1. The Morgan fingerprint density at radius 2 is 1.83 bits per heavy atom. The number of amides is 1. The Morgan fingerprint density at radius 3 is 2.44 bits per heavy atom. The van der Waals surface area contributed by atoms with Gasteiger partial charge >= 0.3 is 0 Å². The smallest absolute Gasteiger partial charge is 0.234 e. The highest BCUT2D eigenvalue weighted by Gasteiger charge is 2.17. The quantitative estimate of drug-likeness (QED) is 0.594. The van der Waals surface area contributed by atoms with Crippen LogP contribution in [0.1, 0.15) is 26.2 Å². The predicted molar refractivity (Wildman–Crippen MR) is 74.5 cm³/mol. The molecule has 1 amide bonds. The van der Waals surface area contributed by atoms with Crippen molar-refractivity contribution in [3.05, 3.63) is 0 Å². The molecule has 1 aliphatic rings. The first kappa shape index (κ1) is 15.4. The Labute approximate surface area is 111 Å². The van der Waals surface area contributed by atoms with Crippen LogP contribution in [0.3, 0.4) is 0 Å². The minimum Gasteiger partial charge on any atom is -0.355 e. The second-order valence-electron chi connectivity index (χ2n) is 4.96. The van der Waals surface area contributed by atoms with Crippen LogP contribution in [-0.4, -0.2) is 68.1 Å². The number of hydrogen-bond acceptors (Lipinski definition) is 4. The second-order valence-corrected chi connectivity index (χ2v) is 4.96. The molecule has 1 aliphatic heterocycles. The van der Waals surface area contributed by atoms with Crippen LogP contribution in [-0.2, 0) is 4.79 Å². The van der Waals surface area contributed by atoms with Crippen molar-refractivity contribution < 1.29 is 4.79 Å². The van der Waals surface area contributed by atoms with Crippen molar-refractivity contribution in [3.8, 4) is 0 Å². The van der Waals surface area contributed by atoms with Gasteiger partial charge in [0.2, 0.25) is 5.91 Å². The minimum absolute atomic E-state index is 0.166. The Hall–Kier alpha value is -0.650. The number of nitrogens with zero attached hydrogens (tertiary/aromatic N) is 2. The first-order chi connectivity index (χ1) is 8.76. The van der Waals surface area contributed by atoms with Gasteiger partial charge in [0.25, 0.3) is 0 Å². The Morgan fingerprint density at radius 1 is 1.17 bits per heavy atom. The molecule has 0 unspecified atom stereocenters. The van der Waals surface area contributed by atoms with Gasteiger partial charge < -0.3 is 16.0 Å². The molecule has 0 radical (unpaired) electrons. The first-order valence-electron chi connectivity index (χ1n) is 7.17.